The predicted molar refractivity (Wildman–Crippen MR) is 73.2 cm³/mol. The highest BCUT2D eigenvalue weighted by Gasteiger charge is 2.22. The Morgan fingerprint density at radius 3 is 2.84 bits per heavy atom. The molecule has 0 radical (unpaired) electrons. The minimum Gasteiger partial charge on any atom is -0.493 e. The largest absolute Gasteiger partial charge is 0.493 e. The van der Waals surface area contributed by atoms with E-state index in [4.69, 9.17) is 15.2 Å². The second kappa shape index (κ2) is 4.84. The molecule has 1 aromatic carbocycles. The van der Waals surface area contributed by atoms with Crippen LogP contribution in [0.3, 0.4) is 0 Å². The average molecular weight is 259 g/mol. The molecule has 0 aliphatic heterocycles. The third-order valence-electron chi connectivity index (χ3n) is 3.31. The van der Waals surface area contributed by atoms with Crippen molar-refractivity contribution in [3.05, 3.63) is 24.4 Å². The van der Waals surface area contributed by atoms with Crippen LogP contribution in [0, 0.1) is 5.92 Å². The van der Waals surface area contributed by atoms with Gasteiger partial charge in [-0.25, -0.2) is 0 Å². The molecule has 1 aliphatic carbocycles. The second-order valence-electron chi connectivity index (χ2n) is 4.82. The third kappa shape index (κ3) is 2.50. The van der Waals surface area contributed by atoms with Gasteiger partial charge in [0.2, 0.25) is 0 Å². The number of ether oxygens (including phenoxy) is 2. The zero-order valence-electron chi connectivity index (χ0n) is 10.8. The van der Waals surface area contributed by atoms with Crippen molar-refractivity contribution in [2.75, 3.05) is 19.5 Å². The van der Waals surface area contributed by atoms with Crippen molar-refractivity contribution in [1.29, 1.82) is 0 Å². The van der Waals surface area contributed by atoms with E-state index in [1.165, 1.54) is 12.8 Å². The zero-order chi connectivity index (χ0) is 13.2. The van der Waals surface area contributed by atoms with E-state index in [0.717, 1.165) is 29.2 Å². The number of nitrogen functional groups attached to an aromatic ring is 1. The number of hydrogen-bond donors (Lipinski definition) is 2. The Morgan fingerprint density at radius 1 is 1.37 bits per heavy atom. The Bertz CT molecular complexity index is 576. The fourth-order valence-corrected chi connectivity index (χ4v) is 1.98. The fourth-order valence-electron chi connectivity index (χ4n) is 1.98. The average Bonchev–Trinajstić information content (AvgIpc) is 3.17. The van der Waals surface area contributed by atoms with Crippen molar-refractivity contribution in [3.63, 3.8) is 0 Å². The van der Waals surface area contributed by atoms with Gasteiger partial charge in [-0.2, -0.15) is 5.10 Å². The van der Waals surface area contributed by atoms with Crippen LogP contribution >= 0.6 is 0 Å². The molecule has 1 heterocycles. The Hall–Kier alpha value is -2.17. The lowest BCUT2D eigenvalue weighted by Crippen LogP contribution is -2.01. The standard InChI is InChI=1S/C14H17N3O2/c1-18-12-5-4-10(11-7-16-17-14(11)15)6-13(12)19-8-9-2-3-9/h4-7,9H,2-3,8H2,1H3,(H3,15,16,17). The summed E-state index contributed by atoms with van der Waals surface area (Å²) in [6.07, 6.45) is 4.23. The van der Waals surface area contributed by atoms with E-state index in [9.17, 15) is 0 Å². The SMILES string of the molecule is COc1ccc(-c2cn[nH]c2N)cc1OCC1CC1. The number of anilines is 1. The summed E-state index contributed by atoms with van der Waals surface area (Å²) in [6, 6.07) is 5.79. The molecule has 3 N–H and O–H groups in total. The van der Waals surface area contributed by atoms with Crippen LogP contribution in [0.2, 0.25) is 0 Å². The van der Waals surface area contributed by atoms with E-state index in [1.807, 2.05) is 18.2 Å². The predicted octanol–water partition coefficient (Wildman–Crippen LogP) is 2.46. The smallest absolute Gasteiger partial charge is 0.161 e. The van der Waals surface area contributed by atoms with Crippen molar-refractivity contribution in [2.24, 2.45) is 5.92 Å². The molecule has 1 aromatic heterocycles. The fraction of sp³-hybridized carbons (Fsp3) is 0.357. The quantitative estimate of drug-likeness (QED) is 0.865. The lowest BCUT2D eigenvalue weighted by Gasteiger charge is -2.11. The van der Waals surface area contributed by atoms with Crippen molar-refractivity contribution < 1.29 is 9.47 Å². The number of methoxy groups -OCH3 is 1. The van der Waals surface area contributed by atoms with Crippen LogP contribution < -0.4 is 15.2 Å². The molecule has 5 heteroatoms. The number of H-pyrrole nitrogens is 1. The molecule has 3 rings (SSSR count). The van der Waals surface area contributed by atoms with E-state index in [2.05, 4.69) is 10.2 Å². The molecule has 0 atom stereocenters. The third-order valence-corrected chi connectivity index (χ3v) is 3.31. The summed E-state index contributed by atoms with van der Waals surface area (Å²) in [4.78, 5) is 0. The topological polar surface area (TPSA) is 73.2 Å². The molecule has 0 spiro atoms. The van der Waals surface area contributed by atoms with Gasteiger partial charge in [-0.3, -0.25) is 5.10 Å². The van der Waals surface area contributed by atoms with E-state index in [0.29, 0.717) is 11.7 Å². The number of hydrogen-bond acceptors (Lipinski definition) is 4. The van der Waals surface area contributed by atoms with Crippen molar-refractivity contribution in [2.45, 2.75) is 12.8 Å². The van der Waals surface area contributed by atoms with Gasteiger partial charge in [0, 0.05) is 5.56 Å². The summed E-state index contributed by atoms with van der Waals surface area (Å²) in [5.41, 5.74) is 7.68. The van der Waals surface area contributed by atoms with Gasteiger partial charge in [0.15, 0.2) is 11.5 Å². The number of nitrogens with zero attached hydrogens (tertiary/aromatic N) is 1. The second-order valence-corrected chi connectivity index (χ2v) is 4.82. The maximum atomic E-state index is 5.84. The van der Waals surface area contributed by atoms with Crippen molar-refractivity contribution in [3.8, 4) is 22.6 Å². The van der Waals surface area contributed by atoms with Crippen molar-refractivity contribution >= 4 is 5.82 Å². The molecule has 0 saturated heterocycles. The van der Waals surface area contributed by atoms with Gasteiger partial charge < -0.3 is 15.2 Å². The lowest BCUT2D eigenvalue weighted by atomic mass is 10.1. The molecule has 0 unspecified atom stereocenters. The number of aromatic amines is 1. The van der Waals surface area contributed by atoms with Crippen LogP contribution in [-0.4, -0.2) is 23.9 Å². The van der Waals surface area contributed by atoms with E-state index in [1.54, 1.807) is 13.3 Å². The molecule has 100 valence electrons. The summed E-state index contributed by atoms with van der Waals surface area (Å²) in [5.74, 6) is 2.75. The number of aromatic nitrogens is 2. The molecule has 1 aliphatic rings. The van der Waals surface area contributed by atoms with Gasteiger partial charge in [0.05, 0.1) is 19.9 Å². The summed E-state index contributed by atoms with van der Waals surface area (Å²) in [7, 11) is 1.64. The van der Waals surface area contributed by atoms with Crippen LogP contribution in [0.4, 0.5) is 5.82 Å². The molecule has 0 amide bonds. The normalized spacial score (nSPS) is 14.4. The Balaban J connectivity index is 1.89. The highest BCUT2D eigenvalue weighted by Crippen LogP contribution is 2.36. The monoisotopic (exact) mass is 259 g/mol. The van der Waals surface area contributed by atoms with Crippen LogP contribution in [0.25, 0.3) is 11.1 Å². The molecular formula is C14H17N3O2. The first kappa shape index (κ1) is 11.9. The number of rotatable bonds is 5. The van der Waals surface area contributed by atoms with E-state index >= 15 is 0 Å². The molecule has 0 bridgehead atoms. The first-order valence-corrected chi connectivity index (χ1v) is 6.38. The Kier molecular flexibility index (Phi) is 3.03. The van der Waals surface area contributed by atoms with Crippen molar-refractivity contribution in [1.82, 2.24) is 10.2 Å². The highest BCUT2D eigenvalue weighted by molar-refractivity contribution is 5.75. The van der Waals surface area contributed by atoms with Gasteiger partial charge in [-0.1, -0.05) is 6.07 Å². The summed E-state index contributed by atoms with van der Waals surface area (Å²) in [5, 5.41) is 6.66. The van der Waals surface area contributed by atoms with Gasteiger partial charge in [-0.15, -0.1) is 0 Å². The highest BCUT2D eigenvalue weighted by atomic mass is 16.5. The molecule has 2 aromatic rings. The lowest BCUT2D eigenvalue weighted by molar-refractivity contribution is 0.280. The van der Waals surface area contributed by atoms with Crippen LogP contribution in [0.1, 0.15) is 12.8 Å². The minimum absolute atomic E-state index is 0.554. The van der Waals surface area contributed by atoms with E-state index < -0.39 is 0 Å². The molecule has 1 fully saturated rings. The molecule has 1 saturated carbocycles. The van der Waals surface area contributed by atoms with E-state index in [-0.39, 0.29) is 0 Å². The maximum absolute atomic E-state index is 5.84. The first-order chi connectivity index (χ1) is 9.28. The summed E-state index contributed by atoms with van der Waals surface area (Å²) >= 11 is 0. The molecular weight excluding hydrogens is 242 g/mol. The molecule has 5 nitrogen and oxygen atoms in total. The van der Waals surface area contributed by atoms with Crippen LogP contribution in [0.5, 0.6) is 11.5 Å². The van der Waals surface area contributed by atoms with Gasteiger partial charge in [0.25, 0.3) is 0 Å². The number of benzene rings is 1. The number of nitrogens with two attached hydrogens (primary N) is 1. The Labute approximate surface area is 111 Å². The number of nitrogens with one attached hydrogen (secondary N) is 1. The van der Waals surface area contributed by atoms with Crippen LogP contribution in [-0.2, 0) is 0 Å². The maximum Gasteiger partial charge on any atom is 0.161 e. The Morgan fingerprint density at radius 2 is 2.21 bits per heavy atom. The van der Waals surface area contributed by atoms with Gasteiger partial charge in [-0.05, 0) is 36.5 Å². The van der Waals surface area contributed by atoms with Gasteiger partial charge in [0.1, 0.15) is 5.82 Å². The molecule has 19 heavy (non-hydrogen) atoms. The summed E-state index contributed by atoms with van der Waals surface area (Å²) in [6.45, 7) is 0.751. The summed E-state index contributed by atoms with van der Waals surface area (Å²) < 4.78 is 11.2. The van der Waals surface area contributed by atoms with Crippen LogP contribution in [0.15, 0.2) is 24.4 Å². The zero-order valence-corrected chi connectivity index (χ0v) is 10.8. The minimum atomic E-state index is 0.554. The first-order valence-electron chi connectivity index (χ1n) is 6.38. The van der Waals surface area contributed by atoms with Gasteiger partial charge >= 0.3 is 0 Å².